The van der Waals surface area contributed by atoms with Crippen LogP contribution in [0.2, 0.25) is 0 Å². The van der Waals surface area contributed by atoms with E-state index in [0.29, 0.717) is 78.4 Å². The van der Waals surface area contributed by atoms with Gasteiger partial charge >= 0.3 is 0 Å². The van der Waals surface area contributed by atoms with Crippen LogP contribution in [-0.4, -0.2) is 135 Å². The van der Waals surface area contributed by atoms with Crippen molar-refractivity contribution in [3.8, 4) is 0 Å². The molecule has 0 bridgehead atoms. The Kier molecular flexibility index (Phi) is 26.3. The number of hydrogen-bond donors (Lipinski definition) is 1. The van der Waals surface area contributed by atoms with Crippen LogP contribution in [-0.2, 0) is 52.7 Å². The molecule has 266 valence electrons. The third-order valence-electron chi connectivity index (χ3n) is 6.49. The highest BCUT2D eigenvalue weighted by Crippen LogP contribution is 2.11. The molecule has 8 unspecified atom stereocenters. The van der Waals surface area contributed by atoms with Crippen LogP contribution in [0.3, 0.4) is 0 Å². The van der Waals surface area contributed by atoms with Crippen molar-refractivity contribution in [3.05, 3.63) is 0 Å². The first-order chi connectivity index (χ1) is 20.7. The van der Waals surface area contributed by atoms with E-state index in [0.717, 1.165) is 12.8 Å². The minimum Gasteiger partial charge on any atom is -0.382 e. The monoisotopic (exact) mass is 660 g/mol. The van der Waals surface area contributed by atoms with E-state index in [-0.39, 0.29) is 48.5 Å². The summed E-state index contributed by atoms with van der Waals surface area (Å²) in [7, 11) is -2.23. The first-order valence-corrected chi connectivity index (χ1v) is 17.7. The topological polar surface area (TPSA) is 137 Å². The van der Waals surface area contributed by atoms with Gasteiger partial charge in [0.05, 0.1) is 108 Å². The van der Waals surface area contributed by atoms with E-state index >= 15 is 0 Å². The zero-order chi connectivity index (χ0) is 33.4. The molecule has 0 aromatic rings. The lowest BCUT2D eigenvalue weighted by Gasteiger charge is -2.23. The molecule has 0 aromatic carbocycles. The molecule has 0 saturated carbocycles. The smallest absolute Gasteiger partial charge is 0.264 e. The number of rotatable bonds is 31. The van der Waals surface area contributed by atoms with Crippen LogP contribution in [0.5, 0.6) is 0 Å². The highest BCUT2D eigenvalue weighted by atomic mass is 32.2. The molecule has 0 fully saturated rings. The lowest BCUT2D eigenvalue weighted by Crippen LogP contribution is -2.30. The minimum atomic E-state index is -3.88. The Balaban J connectivity index is 3.87. The van der Waals surface area contributed by atoms with Crippen molar-refractivity contribution in [3.63, 3.8) is 0 Å². The van der Waals surface area contributed by atoms with Gasteiger partial charge in [0.2, 0.25) is 0 Å². The van der Waals surface area contributed by atoms with E-state index in [9.17, 15) is 8.42 Å². The minimum absolute atomic E-state index is 0.0109. The van der Waals surface area contributed by atoms with E-state index < -0.39 is 10.1 Å². The van der Waals surface area contributed by atoms with Gasteiger partial charge in [-0.3, -0.25) is 4.55 Å². The van der Waals surface area contributed by atoms with Crippen molar-refractivity contribution in [2.24, 2.45) is 5.92 Å². The maximum absolute atomic E-state index is 10.8. The summed E-state index contributed by atoms with van der Waals surface area (Å²) in [5.41, 5.74) is 0. The summed E-state index contributed by atoms with van der Waals surface area (Å²) in [6.45, 7) is 20.8. The zero-order valence-electron chi connectivity index (χ0n) is 28.9. The molecular weight excluding hydrogens is 596 g/mol. The number of ether oxygens (including phenoxy) is 9. The Morgan fingerprint density at radius 1 is 0.500 bits per heavy atom. The normalized spacial score (nSPS) is 18.0. The van der Waals surface area contributed by atoms with Gasteiger partial charge < -0.3 is 42.6 Å². The fourth-order valence-electron chi connectivity index (χ4n) is 3.72. The molecule has 1 N–H and O–H groups in total. The molecule has 13 heteroatoms. The molecule has 12 nitrogen and oxygen atoms in total. The molecule has 0 aromatic heterocycles. The third-order valence-corrected chi connectivity index (χ3v) is 7.30. The van der Waals surface area contributed by atoms with E-state index in [1.54, 1.807) is 7.11 Å². The summed E-state index contributed by atoms with van der Waals surface area (Å²) >= 11 is 0. The number of unbranched alkanes of at least 4 members (excludes halogenated alkanes) is 1. The van der Waals surface area contributed by atoms with Crippen LogP contribution in [0.1, 0.15) is 74.7 Å². The highest BCUT2D eigenvalue weighted by Gasteiger charge is 2.15. The van der Waals surface area contributed by atoms with Crippen molar-refractivity contribution in [1.82, 2.24) is 0 Å². The SMILES string of the molecule is COCCOCC(C)OCC(C)OCC(C)OCC(C)OCC(C)OCC(C)OCC(C)OCC(C)CCCCS(=O)(=O)O. The molecule has 0 saturated heterocycles. The van der Waals surface area contributed by atoms with Crippen LogP contribution in [0.4, 0.5) is 0 Å². The fourth-order valence-corrected chi connectivity index (χ4v) is 4.29. The lowest BCUT2D eigenvalue weighted by molar-refractivity contribution is -0.108. The molecule has 0 heterocycles. The Bertz CT molecular complexity index is 756. The predicted molar refractivity (Wildman–Crippen MR) is 170 cm³/mol. The van der Waals surface area contributed by atoms with Crippen molar-refractivity contribution in [2.75, 3.05) is 78.9 Å². The van der Waals surface area contributed by atoms with E-state index in [4.69, 9.17) is 47.2 Å². The summed E-state index contributed by atoms with van der Waals surface area (Å²) in [4.78, 5) is 0. The number of methoxy groups -OCH3 is 1. The summed E-state index contributed by atoms with van der Waals surface area (Å²) in [6.07, 6.45) is 1.56. The molecule has 0 aliphatic rings. The molecule has 0 radical (unpaired) electrons. The van der Waals surface area contributed by atoms with Crippen LogP contribution < -0.4 is 0 Å². The summed E-state index contributed by atoms with van der Waals surface area (Å²) in [6, 6.07) is 0. The third kappa shape index (κ3) is 29.0. The Labute approximate surface area is 267 Å². The van der Waals surface area contributed by atoms with Crippen LogP contribution >= 0.6 is 0 Å². The van der Waals surface area contributed by atoms with Gasteiger partial charge in [0.15, 0.2) is 0 Å². The molecule has 0 aliphatic carbocycles. The summed E-state index contributed by atoms with van der Waals surface area (Å²) in [5.74, 6) is 0.105. The van der Waals surface area contributed by atoms with E-state index in [1.807, 2.05) is 48.5 Å². The second-order valence-corrected chi connectivity index (χ2v) is 13.5. The predicted octanol–water partition coefficient (Wildman–Crippen LogP) is 4.18. The van der Waals surface area contributed by atoms with Crippen LogP contribution in [0, 0.1) is 5.92 Å². The Hall–Kier alpha value is -0.450. The second-order valence-electron chi connectivity index (χ2n) is 12.0. The largest absolute Gasteiger partial charge is 0.382 e. The standard InChI is InChI=1S/C31H64O12S/c1-24(12-10-11-15-44(32,33)34)16-37-26(3)18-39-28(5)20-41-30(7)22-43-31(8)23-42-29(6)21-40-27(4)19-38-25(2)17-36-14-13-35-9/h24-31H,10-23H2,1-9H3,(H,32,33,34). The van der Waals surface area contributed by atoms with Gasteiger partial charge in [0.1, 0.15) is 0 Å². The average molecular weight is 661 g/mol. The molecular formula is C31H64O12S. The average Bonchev–Trinajstić information content (AvgIpc) is 2.97. The fraction of sp³-hybridized carbons (Fsp3) is 1.00. The van der Waals surface area contributed by atoms with E-state index in [2.05, 4.69) is 6.92 Å². The molecule has 8 atom stereocenters. The van der Waals surface area contributed by atoms with E-state index in [1.165, 1.54) is 0 Å². The van der Waals surface area contributed by atoms with Crippen LogP contribution in [0.15, 0.2) is 0 Å². The van der Waals surface area contributed by atoms with Gasteiger partial charge in [-0.1, -0.05) is 13.3 Å². The Morgan fingerprint density at radius 2 is 0.841 bits per heavy atom. The van der Waals surface area contributed by atoms with Gasteiger partial charge in [-0.2, -0.15) is 8.42 Å². The number of hydrogen-bond acceptors (Lipinski definition) is 11. The molecule has 44 heavy (non-hydrogen) atoms. The Morgan fingerprint density at radius 3 is 1.18 bits per heavy atom. The lowest BCUT2D eigenvalue weighted by atomic mass is 10.1. The summed E-state index contributed by atoms with van der Waals surface area (Å²) in [5, 5.41) is 0. The highest BCUT2D eigenvalue weighted by molar-refractivity contribution is 7.85. The first-order valence-electron chi connectivity index (χ1n) is 16.0. The quantitative estimate of drug-likeness (QED) is 0.0844. The first kappa shape index (κ1) is 43.5. The molecule has 0 amide bonds. The van der Waals surface area contributed by atoms with Crippen molar-refractivity contribution < 1.29 is 55.6 Å². The zero-order valence-corrected chi connectivity index (χ0v) is 29.7. The van der Waals surface area contributed by atoms with Gasteiger partial charge in [-0.05, 0) is 67.2 Å². The van der Waals surface area contributed by atoms with Gasteiger partial charge in [-0.15, -0.1) is 0 Å². The van der Waals surface area contributed by atoms with Gasteiger partial charge in [0.25, 0.3) is 10.1 Å². The maximum atomic E-state index is 10.8. The van der Waals surface area contributed by atoms with Gasteiger partial charge in [0, 0.05) is 13.7 Å². The van der Waals surface area contributed by atoms with Gasteiger partial charge in [-0.25, -0.2) is 0 Å². The molecule has 0 aliphatic heterocycles. The van der Waals surface area contributed by atoms with Crippen molar-refractivity contribution >= 4 is 10.1 Å². The summed E-state index contributed by atoms with van der Waals surface area (Å²) < 4.78 is 81.8. The van der Waals surface area contributed by atoms with Crippen LogP contribution in [0.25, 0.3) is 0 Å². The maximum Gasteiger partial charge on any atom is 0.264 e. The molecule has 0 spiro atoms. The van der Waals surface area contributed by atoms with Crippen molar-refractivity contribution in [1.29, 1.82) is 0 Å². The molecule has 0 rings (SSSR count). The second kappa shape index (κ2) is 26.6. The van der Waals surface area contributed by atoms with Crippen molar-refractivity contribution in [2.45, 2.75) is 117 Å².